The maximum atomic E-state index is 13.4. The Morgan fingerprint density at radius 2 is 2.17 bits per heavy atom. The number of halogens is 2. The molecule has 1 aromatic heterocycles. The molecule has 0 bridgehead atoms. The molecule has 0 saturated heterocycles. The summed E-state index contributed by atoms with van der Waals surface area (Å²) in [5.74, 6) is -0.467. The molecule has 0 aliphatic carbocycles. The molecule has 0 amide bonds. The first-order valence-electron chi connectivity index (χ1n) is 4.92. The van der Waals surface area contributed by atoms with E-state index in [0.29, 0.717) is 4.47 Å². The highest BCUT2D eigenvalue weighted by molar-refractivity contribution is 9.10. The molecule has 0 unspecified atom stereocenters. The zero-order valence-electron chi connectivity index (χ0n) is 9.02. The van der Waals surface area contributed by atoms with Crippen LogP contribution in [0.3, 0.4) is 0 Å². The lowest BCUT2D eigenvalue weighted by Gasteiger charge is -2.06. The lowest BCUT2D eigenvalue weighted by Crippen LogP contribution is -2.24. The second-order valence-corrected chi connectivity index (χ2v) is 6.13. The van der Waals surface area contributed by atoms with Crippen LogP contribution in [-0.4, -0.2) is 18.6 Å². The van der Waals surface area contributed by atoms with E-state index in [-0.39, 0.29) is 17.1 Å². The first-order chi connectivity index (χ1) is 8.49. The normalized spacial score (nSPS) is 11.7. The average Bonchev–Trinajstić information content (AvgIpc) is 2.85. The molecule has 0 fully saturated rings. The summed E-state index contributed by atoms with van der Waals surface area (Å²) in [5.41, 5.74) is 0.257. The van der Waals surface area contributed by atoms with Crippen LogP contribution in [0.2, 0.25) is 0 Å². The molecule has 0 spiro atoms. The van der Waals surface area contributed by atoms with Gasteiger partial charge in [-0.3, -0.25) is 5.10 Å². The number of H-pyrrole nitrogens is 1. The number of nitrogens with zero attached hydrogens (tertiary/aromatic N) is 1. The quantitative estimate of drug-likeness (QED) is 0.895. The largest absolute Gasteiger partial charge is 0.266 e. The number of nitrogens with one attached hydrogen (secondary N) is 2. The third-order valence-electron chi connectivity index (χ3n) is 2.23. The van der Waals surface area contributed by atoms with Gasteiger partial charge in [0.25, 0.3) is 10.0 Å². The van der Waals surface area contributed by atoms with Crippen LogP contribution in [0.4, 0.5) is 4.39 Å². The van der Waals surface area contributed by atoms with Crippen LogP contribution in [0.1, 0.15) is 5.56 Å². The molecule has 0 aliphatic rings. The molecule has 0 saturated carbocycles. The summed E-state index contributed by atoms with van der Waals surface area (Å²) in [6.45, 7) is -0.132. The van der Waals surface area contributed by atoms with Crippen LogP contribution >= 0.6 is 15.9 Å². The molecule has 2 aromatic rings. The van der Waals surface area contributed by atoms with Gasteiger partial charge in [0.15, 0.2) is 5.03 Å². The summed E-state index contributed by atoms with van der Waals surface area (Å²) in [5, 5.41) is 5.83. The van der Waals surface area contributed by atoms with Gasteiger partial charge in [0.2, 0.25) is 0 Å². The molecule has 1 aromatic carbocycles. The Balaban J connectivity index is 2.15. The van der Waals surface area contributed by atoms with Gasteiger partial charge in [-0.05, 0) is 24.3 Å². The van der Waals surface area contributed by atoms with E-state index in [1.165, 1.54) is 24.4 Å². The number of hydrogen-bond donors (Lipinski definition) is 2. The van der Waals surface area contributed by atoms with Crippen LogP contribution < -0.4 is 4.72 Å². The smallest absolute Gasteiger partial charge is 0.257 e. The van der Waals surface area contributed by atoms with Gasteiger partial charge in [0.1, 0.15) is 5.82 Å². The zero-order valence-corrected chi connectivity index (χ0v) is 11.4. The molecule has 2 N–H and O–H groups in total. The first kappa shape index (κ1) is 13.2. The van der Waals surface area contributed by atoms with Gasteiger partial charge < -0.3 is 0 Å². The van der Waals surface area contributed by atoms with Crippen molar-refractivity contribution in [1.29, 1.82) is 0 Å². The Morgan fingerprint density at radius 3 is 2.83 bits per heavy atom. The predicted octanol–water partition coefficient (Wildman–Crippen LogP) is 1.79. The molecular formula is C10H9BrFN3O2S. The van der Waals surface area contributed by atoms with Gasteiger partial charge in [-0.2, -0.15) is 5.10 Å². The Bertz CT molecular complexity index is 643. The Hall–Kier alpha value is -1.25. The fourth-order valence-electron chi connectivity index (χ4n) is 1.32. The van der Waals surface area contributed by atoms with E-state index in [1.54, 1.807) is 6.07 Å². The van der Waals surface area contributed by atoms with Gasteiger partial charge in [-0.15, -0.1) is 0 Å². The van der Waals surface area contributed by atoms with Crippen LogP contribution in [-0.2, 0) is 16.6 Å². The summed E-state index contributed by atoms with van der Waals surface area (Å²) in [6, 6.07) is 5.65. The predicted molar refractivity (Wildman–Crippen MR) is 66.7 cm³/mol. The van der Waals surface area contributed by atoms with E-state index < -0.39 is 15.8 Å². The van der Waals surface area contributed by atoms with Gasteiger partial charge in [0, 0.05) is 16.6 Å². The molecule has 8 heteroatoms. The third kappa shape index (κ3) is 2.95. The highest BCUT2D eigenvalue weighted by Gasteiger charge is 2.15. The maximum Gasteiger partial charge on any atom is 0.257 e. The fourth-order valence-corrected chi connectivity index (χ4v) is 2.64. The monoisotopic (exact) mass is 333 g/mol. The summed E-state index contributed by atoms with van der Waals surface area (Å²) in [6.07, 6.45) is 1.33. The molecular weight excluding hydrogens is 325 g/mol. The van der Waals surface area contributed by atoms with Crippen molar-refractivity contribution in [3.63, 3.8) is 0 Å². The van der Waals surface area contributed by atoms with Gasteiger partial charge in [-0.1, -0.05) is 15.9 Å². The summed E-state index contributed by atoms with van der Waals surface area (Å²) >= 11 is 3.20. The Kier molecular flexibility index (Phi) is 3.79. The fraction of sp³-hybridized carbons (Fsp3) is 0.100. The van der Waals surface area contributed by atoms with Crippen molar-refractivity contribution in [3.8, 4) is 0 Å². The third-order valence-corrected chi connectivity index (χ3v) is 4.05. The van der Waals surface area contributed by atoms with Gasteiger partial charge >= 0.3 is 0 Å². The number of aromatic nitrogens is 2. The number of aromatic amines is 1. The Labute approximate surface area is 112 Å². The Morgan fingerprint density at radius 1 is 1.39 bits per heavy atom. The molecule has 96 valence electrons. The van der Waals surface area contributed by atoms with Crippen molar-refractivity contribution in [3.05, 3.63) is 46.3 Å². The zero-order chi connectivity index (χ0) is 13.2. The lowest BCUT2D eigenvalue weighted by atomic mass is 10.2. The first-order valence-corrected chi connectivity index (χ1v) is 7.19. The van der Waals surface area contributed by atoms with Gasteiger partial charge in [0.05, 0.1) is 6.20 Å². The molecule has 0 aliphatic heterocycles. The summed E-state index contributed by atoms with van der Waals surface area (Å²) in [7, 11) is -3.69. The minimum atomic E-state index is -3.69. The second-order valence-electron chi connectivity index (χ2n) is 3.48. The number of benzene rings is 1. The molecule has 5 nitrogen and oxygen atoms in total. The van der Waals surface area contributed by atoms with Crippen molar-refractivity contribution in [1.82, 2.24) is 14.9 Å². The molecule has 2 rings (SSSR count). The van der Waals surface area contributed by atoms with E-state index in [1.807, 2.05) is 0 Å². The molecule has 1 heterocycles. The van der Waals surface area contributed by atoms with E-state index in [0.717, 1.165) is 0 Å². The van der Waals surface area contributed by atoms with Crippen molar-refractivity contribution in [2.75, 3.05) is 0 Å². The standard InChI is InChI=1S/C10H9BrFN3O2S/c11-8-1-2-9(12)7(5-8)6-14-18(16,17)10-3-4-13-15-10/h1-5,14H,6H2,(H,13,15). The summed E-state index contributed by atoms with van der Waals surface area (Å²) < 4.78 is 39.9. The van der Waals surface area contributed by atoms with Crippen molar-refractivity contribution >= 4 is 26.0 Å². The second kappa shape index (κ2) is 5.17. The van der Waals surface area contributed by atoms with Crippen LogP contribution in [0.15, 0.2) is 40.0 Å². The number of sulfonamides is 1. The SMILES string of the molecule is O=S(=O)(NCc1cc(Br)ccc1F)c1ccn[nH]1. The van der Waals surface area contributed by atoms with Crippen LogP contribution in [0, 0.1) is 5.82 Å². The van der Waals surface area contributed by atoms with E-state index in [2.05, 4.69) is 30.8 Å². The highest BCUT2D eigenvalue weighted by atomic mass is 79.9. The minimum absolute atomic E-state index is 0.0575. The molecule has 0 atom stereocenters. The molecule has 0 radical (unpaired) electrons. The van der Waals surface area contributed by atoms with Crippen molar-refractivity contribution < 1.29 is 12.8 Å². The van der Waals surface area contributed by atoms with Crippen molar-refractivity contribution in [2.45, 2.75) is 11.6 Å². The van der Waals surface area contributed by atoms with Crippen molar-refractivity contribution in [2.24, 2.45) is 0 Å². The minimum Gasteiger partial charge on any atom is -0.266 e. The topological polar surface area (TPSA) is 74.8 Å². The lowest BCUT2D eigenvalue weighted by molar-refractivity contribution is 0.570. The maximum absolute atomic E-state index is 13.4. The molecule has 18 heavy (non-hydrogen) atoms. The van der Waals surface area contributed by atoms with E-state index in [9.17, 15) is 12.8 Å². The van der Waals surface area contributed by atoms with E-state index >= 15 is 0 Å². The highest BCUT2D eigenvalue weighted by Crippen LogP contribution is 2.16. The number of rotatable bonds is 4. The number of hydrogen-bond acceptors (Lipinski definition) is 3. The van der Waals surface area contributed by atoms with E-state index in [4.69, 9.17) is 0 Å². The average molecular weight is 334 g/mol. The van der Waals surface area contributed by atoms with Crippen LogP contribution in [0.25, 0.3) is 0 Å². The van der Waals surface area contributed by atoms with Crippen LogP contribution in [0.5, 0.6) is 0 Å². The summed E-state index contributed by atoms with van der Waals surface area (Å²) in [4.78, 5) is 0. The van der Waals surface area contributed by atoms with Gasteiger partial charge in [-0.25, -0.2) is 17.5 Å².